The Hall–Kier alpha value is -1.27. The number of rotatable bonds is 4. The molecule has 0 spiro atoms. The lowest BCUT2D eigenvalue weighted by atomic mass is 10.2. The number of hydrogen-bond acceptors (Lipinski definition) is 2. The Kier molecular flexibility index (Phi) is 2.79. The zero-order valence-corrected chi connectivity index (χ0v) is 9.33. The molecule has 0 radical (unpaired) electrons. The van der Waals surface area contributed by atoms with Gasteiger partial charge in [-0.1, -0.05) is 0 Å². The van der Waals surface area contributed by atoms with Gasteiger partial charge in [0, 0.05) is 25.8 Å². The minimum absolute atomic E-state index is 0.607. The first-order chi connectivity index (χ1) is 7.20. The number of nitrogens with one attached hydrogen (secondary N) is 1. The Morgan fingerprint density at radius 2 is 2.40 bits per heavy atom. The molecule has 1 heterocycles. The summed E-state index contributed by atoms with van der Waals surface area (Å²) in [4.78, 5) is 0. The molecular formula is C12H17N3. The molecule has 0 saturated heterocycles. The molecule has 0 aliphatic heterocycles. The van der Waals surface area contributed by atoms with E-state index in [-0.39, 0.29) is 0 Å². The van der Waals surface area contributed by atoms with Crippen LogP contribution in [-0.2, 0) is 13.6 Å². The summed E-state index contributed by atoms with van der Waals surface area (Å²) in [5.41, 5.74) is 1.92. The highest BCUT2D eigenvalue weighted by atomic mass is 15.0. The van der Waals surface area contributed by atoms with Crippen molar-refractivity contribution < 1.29 is 0 Å². The van der Waals surface area contributed by atoms with Gasteiger partial charge < -0.3 is 9.88 Å². The Morgan fingerprint density at radius 3 is 2.93 bits per heavy atom. The van der Waals surface area contributed by atoms with E-state index in [4.69, 9.17) is 5.26 Å². The van der Waals surface area contributed by atoms with E-state index in [1.54, 1.807) is 0 Å². The van der Waals surface area contributed by atoms with Crippen LogP contribution in [0.4, 0.5) is 0 Å². The van der Waals surface area contributed by atoms with Gasteiger partial charge in [0.1, 0.15) is 11.8 Å². The smallest absolute Gasteiger partial charge is 0.120 e. The lowest BCUT2D eigenvalue weighted by Crippen LogP contribution is -2.27. The van der Waals surface area contributed by atoms with Crippen LogP contribution in [0.3, 0.4) is 0 Å². The molecule has 1 unspecified atom stereocenters. The van der Waals surface area contributed by atoms with Crippen LogP contribution in [0.1, 0.15) is 31.0 Å². The monoisotopic (exact) mass is 203 g/mol. The molecule has 15 heavy (non-hydrogen) atoms. The van der Waals surface area contributed by atoms with Crippen LogP contribution >= 0.6 is 0 Å². The van der Waals surface area contributed by atoms with E-state index in [0.29, 0.717) is 6.04 Å². The van der Waals surface area contributed by atoms with Crippen LogP contribution in [0, 0.1) is 17.2 Å². The summed E-state index contributed by atoms with van der Waals surface area (Å²) in [7, 11) is 1.91. The molecule has 0 amide bonds. The van der Waals surface area contributed by atoms with Gasteiger partial charge in [-0.05, 0) is 37.3 Å². The summed E-state index contributed by atoms with van der Waals surface area (Å²) in [6, 6.07) is 4.73. The summed E-state index contributed by atoms with van der Waals surface area (Å²) in [5, 5.41) is 12.3. The number of nitrogens with zero attached hydrogens (tertiary/aromatic N) is 2. The van der Waals surface area contributed by atoms with Crippen molar-refractivity contribution in [3.8, 4) is 6.07 Å². The molecule has 1 N–H and O–H groups in total. The second-order valence-electron chi connectivity index (χ2n) is 4.46. The van der Waals surface area contributed by atoms with Gasteiger partial charge in [0.15, 0.2) is 0 Å². The molecule has 1 aromatic heterocycles. The van der Waals surface area contributed by atoms with Gasteiger partial charge in [-0.25, -0.2) is 0 Å². The minimum Gasteiger partial charge on any atom is -0.342 e. The molecule has 2 rings (SSSR count). The van der Waals surface area contributed by atoms with Gasteiger partial charge in [0.25, 0.3) is 0 Å². The maximum atomic E-state index is 8.82. The van der Waals surface area contributed by atoms with E-state index in [2.05, 4.69) is 18.3 Å². The predicted octanol–water partition coefficient (Wildman–Crippen LogP) is 1.78. The summed E-state index contributed by atoms with van der Waals surface area (Å²) in [6.45, 7) is 3.11. The second-order valence-corrected chi connectivity index (χ2v) is 4.46. The first kappa shape index (κ1) is 10.3. The Morgan fingerprint density at radius 1 is 1.67 bits per heavy atom. The Labute approximate surface area is 90.7 Å². The average Bonchev–Trinajstić information content (AvgIpc) is 3.00. The third kappa shape index (κ3) is 2.40. The fourth-order valence-electron chi connectivity index (χ4n) is 1.88. The van der Waals surface area contributed by atoms with Gasteiger partial charge in [0.05, 0.1) is 0 Å². The predicted molar refractivity (Wildman–Crippen MR) is 59.2 cm³/mol. The molecule has 1 aromatic rings. The molecule has 1 saturated carbocycles. The van der Waals surface area contributed by atoms with Crippen LogP contribution in [0.15, 0.2) is 12.3 Å². The molecule has 0 bridgehead atoms. The minimum atomic E-state index is 0.607. The molecule has 1 aliphatic rings. The molecule has 1 fully saturated rings. The standard InChI is InChI=1S/C12H17N3/c1-9(11-3-4-11)14-7-10-5-12(6-13)15(2)8-10/h5,8-9,11,14H,3-4,7H2,1-2H3. The van der Waals surface area contributed by atoms with Crippen molar-refractivity contribution in [1.29, 1.82) is 5.26 Å². The van der Waals surface area contributed by atoms with E-state index in [1.807, 2.05) is 23.9 Å². The lowest BCUT2D eigenvalue weighted by Gasteiger charge is -2.11. The van der Waals surface area contributed by atoms with Crippen molar-refractivity contribution in [2.75, 3.05) is 0 Å². The van der Waals surface area contributed by atoms with E-state index in [0.717, 1.165) is 18.2 Å². The maximum Gasteiger partial charge on any atom is 0.120 e. The average molecular weight is 203 g/mol. The quantitative estimate of drug-likeness (QED) is 0.810. The van der Waals surface area contributed by atoms with Crippen molar-refractivity contribution in [2.45, 2.75) is 32.4 Å². The normalized spacial score (nSPS) is 17.4. The molecular weight excluding hydrogens is 186 g/mol. The van der Waals surface area contributed by atoms with Gasteiger partial charge in [-0.15, -0.1) is 0 Å². The zero-order valence-electron chi connectivity index (χ0n) is 9.33. The molecule has 0 aromatic carbocycles. The zero-order chi connectivity index (χ0) is 10.8. The summed E-state index contributed by atoms with van der Waals surface area (Å²) in [5.74, 6) is 0.879. The molecule has 3 heteroatoms. The summed E-state index contributed by atoms with van der Waals surface area (Å²) in [6.07, 6.45) is 4.75. The van der Waals surface area contributed by atoms with Crippen molar-refractivity contribution in [2.24, 2.45) is 13.0 Å². The third-order valence-corrected chi connectivity index (χ3v) is 3.13. The van der Waals surface area contributed by atoms with E-state index < -0.39 is 0 Å². The highest BCUT2D eigenvalue weighted by Crippen LogP contribution is 2.32. The fourth-order valence-corrected chi connectivity index (χ4v) is 1.88. The van der Waals surface area contributed by atoms with Crippen molar-refractivity contribution in [3.63, 3.8) is 0 Å². The third-order valence-electron chi connectivity index (χ3n) is 3.13. The van der Waals surface area contributed by atoms with Gasteiger partial charge in [-0.3, -0.25) is 0 Å². The van der Waals surface area contributed by atoms with Crippen molar-refractivity contribution in [3.05, 3.63) is 23.5 Å². The number of aromatic nitrogens is 1. The Bertz CT molecular complexity index is 382. The van der Waals surface area contributed by atoms with Crippen LogP contribution in [0.5, 0.6) is 0 Å². The van der Waals surface area contributed by atoms with Crippen molar-refractivity contribution in [1.82, 2.24) is 9.88 Å². The van der Waals surface area contributed by atoms with Crippen LogP contribution in [0.2, 0.25) is 0 Å². The number of hydrogen-bond donors (Lipinski definition) is 1. The fraction of sp³-hybridized carbons (Fsp3) is 0.583. The number of aryl methyl sites for hydroxylation is 1. The highest BCUT2D eigenvalue weighted by molar-refractivity contribution is 5.28. The number of nitriles is 1. The van der Waals surface area contributed by atoms with Gasteiger partial charge >= 0.3 is 0 Å². The molecule has 1 aliphatic carbocycles. The van der Waals surface area contributed by atoms with Gasteiger partial charge in [-0.2, -0.15) is 5.26 Å². The molecule has 1 atom stereocenters. The highest BCUT2D eigenvalue weighted by Gasteiger charge is 2.27. The lowest BCUT2D eigenvalue weighted by molar-refractivity contribution is 0.496. The van der Waals surface area contributed by atoms with Crippen LogP contribution < -0.4 is 5.32 Å². The summed E-state index contributed by atoms with van der Waals surface area (Å²) >= 11 is 0. The van der Waals surface area contributed by atoms with Crippen LogP contribution in [0.25, 0.3) is 0 Å². The van der Waals surface area contributed by atoms with E-state index >= 15 is 0 Å². The Balaban J connectivity index is 1.90. The summed E-state index contributed by atoms with van der Waals surface area (Å²) < 4.78 is 1.87. The second kappa shape index (κ2) is 4.08. The topological polar surface area (TPSA) is 40.8 Å². The first-order valence-corrected chi connectivity index (χ1v) is 5.49. The first-order valence-electron chi connectivity index (χ1n) is 5.49. The van der Waals surface area contributed by atoms with E-state index in [9.17, 15) is 0 Å². The van der Waals surface area contributed by atoms with Crippen LogP contribution in [-0.4, -0.2) is 10.6 Å². The van der Waals surface area contributed by atoms with Crippen molar-refractivity contribution >= 4 is 0 Å². The molecule has 3 nitrogen and oxygen atoms in total. The van der Waals surface area contributed by atoms with E-state index in [1.165, 1.54) is 18.4 Å². The largest absolute Gasteiger partial charge is 0.342 e. The SMILES string of the molecule is CC(NCc1cc(C#N)n(C)c1)C1CC1. The maximum absolute atomic E-state index is 8.82. The van der Waals surface area contributed by atoms with Gasteiger partial charge in [0.2, 0.25) is 0 Å². The molecule has 80 valence electrons.